The van der Waals surface area contributed by atoms with Gasteiger partial charge in [-0.1, -0.05) is 42.5 Å². The number of ether oxygens (including phenoxy) is 1. The fraction of sp³-hybridized carbons (Fsp3) is 0.625. The zero-order valence-corrected chi connectivity index (χ0v) is 17.5. The van der Waals surface area contributed by atoms with E-state index in [2.05, 4.69) is 52.3 Å². The van der Waals surface area contributed by atoms with Crippen LogP contribution in [0.15, 0.2) is 36.4 Å². The van der Waals surface area contributed by atoms with Crippen molar-refractivity contribution in [3.63, 3.8) is 0 Å². The molecule has 3 fully saturated rings. The van der Waals surface area contributed by atoms with Crippen molar-refractivity contribution in [2.75, 3.05) is 59.0 Å². The van der Waals surface area contributed by atoms with Crippen LogP contribution in [0.3, 0.4) is 0 Å². The van der Waals surface area contributed by atoms with E-state index in [0.29, 0.717) is 25.2 Å². The molecule has 0 aromatic heterocycles. The number of morpholine rings is 1. The van der Waals surface area contributed by atoms with E-state index in [9.17, 15) is 4.79 Å². The molecule has 1 aromatic carbocycles. The zero-order valence-electron chi connectivity index (χ0n) is 17.5. The van der Waals surface area contributed by atoms with Gasteiger partial charge in [0.25, 0.3) is 0 Å². The van der Waals surface area contributed by atoms with Crippen molar-refractivity contribution in [1.82, 2.24) is 14.7 Å². The van der Waals surface area contributed by atoms with E-state index in [1.54, 1.807) is 0 Å². The molecule has 0 bridgehead atoms. The molecular weight excluding hydrogens is 362 g/mol. The first-order valence-corrected chi connectivity index (χ1v) is 11.3. The molecule has 29 heavy (non-hydrogen) atoms. The maximum atomic E-state index is 12.9. The SMILES string of the molecule is O=C([C@@H]1CCCN(C2CCN(C/C=C/c3ccccc3)CC2)C1)N1CCOCC1. The number of piperidine rings is 2. The van der Waals surface area contributed by atoms with E-state index in [-0.39, 0.29) is 5.92 Å². The average Bonchev–Trinajstić information content (AvgIpc) is 2.80. The fourth-order valence-electron chi connectivity index (χ4n) is 4.95. The van der Waals surface area contributed by atoms with Crippen molar-refractivity contribution >= 4 is 12.0 Å². The molecule has 3 aliphatic rings. The molecule has 3 aliphatic heterocycles. The van der Waals surface area contributed by atoms with Crippen LogP contribution in [0.25, 0.3) is 6.08 Å². The van der Waals surface area contributed by atoms with E-state index in [0.717, 1.165) is 58.7 Å². The Bertz CT molecular complexity index is 664. The zero-order chi connectivity index (χ0) is 19.9. The van der Waals surface area contributed by atoms with Crippen LogP contribution in [0.2, 0.25) is 0 Å². The summed E-state index contributed by atoms with van der Waals surface area (Å²) in [5.41, 5.74) is 1.27. The molecule has 4 rings (SSSR count). The van der Waals surface area contributed by atoms with Gasteiger partial charge in [-0.05, 0) is 50.9 Å². The third kappa shape index (κ3) is 5.68. The highest BCUT2D eigenvalue weighted by atomic mass is 16.5. The molecule has 0 radical (unpaired) electrons. The highest BCUT2D eigenvalue weighted by Crippen LogP contribution is 2.25. The molecule has 0 saturated carbocycles. The first-order chi connectivity index (χ1) is 14.3. The summed E-state index contributed by atoms with van der Waals surface area (Å²) < 4.78 is 5.40. The summed E-state index contributed by atoms with van der Waals surface area (Å²) in [7, 11) is 0. The smallest absolute Gasteiger partial charge is 0.227 e. The Morgan fingerprint density at radius 1 is 1.00 bits per heavy atom. The lowest BCUT2D eigenvalue weighted by molar-refractivity contribution is -0.141. The molecule has 0 spiro atoms. The molecule has 1 amide bonds. The van der Waals surface area contributed by atoms with Gasteiger partial charge in [0, 0.05) is 32.2 Å². The van der Waals surface area contributed by atoms with Crippen molar-refractivity contribution in [2.45, 2.75) is 31.7 Å². The summed E-state index contributed by atoms with van der Waals surface area (Å²) in [6, 6.07) is 11.2. The monoisotopic (exact) mass is 397 g/mol. The maximum absolute atomic E-state index is 12.9. The van der Waals surface area contributed by atoms with Gasteiger partial charge in [-0.2, -0.15) is 0 Å². The molecular formula is C24H35N3O2. The van der Waals surface area contributed by atoms with Crippen molar-refractivity contribution < 1.29 is 9.53 Å². The highest BCUT2D eigenvalue weighted by Gasteiger charge is 2.33. The number of likely N-dealkylation sites (tertiary alicyclic amines) is 2. The lowest BCUT2D eigenvalue weighted by Gasteiger charge is -2.43. The molecule has 158 valence electrons. The molecule has 3 saturated heterocycles. The van der Waals surface area contributed by atoms with Gasteiger partial charge < -0.3 is 9.64 Å². The minimum atomic E-state index is 0.189. The Kier molecular flexibility index (Phi) is 7.36. The predicted molar refractivity (Wildman–Crippen MR) is 117 cm³/mol. The summed E-state index contributed by atoms with van der Waals surface area (Å²) in [6.45, 7) is 8.37. The van der Waals surface area contributed by atoms with Crippen LogP contribution >= 0.6 is 0 Å². The van der Waals surface area contributed by atoms with E-state index in [1.165, 1.54) is 18.4 Å². The fourth-order valence-corrected chi connectivity index (χ4v) is 4.95. The van der Waals surface area contributed by atoms with E-state index in [4.69, 9.17) is 4.74 Å². The maximum Gasteiger partial charge on any atom is 0.227 e. The van der Waals surface area contributed by atoms with Crippen molar-refractivity contribution in [2.24, 2.45) is 5.92 Å². The lowest BCUT2D eigenvalue weighted by atomic mass is 9.92. The highest BCUT2D eigenvalue weighted by molar-refractivity contribution is 5.79. The normalized spacial score (nSPS) is 25.5. The quantitative estimate of drug-likeness (QED) is 0.766. The van der Waals surface area contributed by atoms with Crippen LogP contribution < -0.4 is 0 Å². The summed E-state index contributed by atoms with van der Waals surface area (Å²) in [4.78, 5) is 20.1. The molecule has 5 nitrogen and oxygen atoms in total. The number of nitrogens with zero attached hydrogens (tertiary/aromatic N) is 3. The van der Waals surface area contributed by atoms with Crippen molar-refractivity contribution in [3.05, 3.63) is 42.0 Å². The number of amides is 1. The van der Waals surface area contributed by atoms with Crippen molar-refractivity contribution in [3.8, 4) is 0 Å². The van der Waals surface area contributed by atoms with Crippen LogP contribution in [-0.2, 0) is 9.53 Å². The van der Waals surface area contributed by atoms with Crippen LogP contribution in [-0.4, -0.2) is 85.7 Å². The number of benzene rings is 1. The third-order valence-corrected chi connectivity index (χ3v) is 6.67. The predicted octanol–water partition coefficient (Wildman–Crippen LogP) is 2.74. The van der Waals surface area contributed by atoms with E-state index in [1.807, 2.05) is 4.90 Å². The Balaban J connectivity index is 1.22. The molecule has 0 unspecified atom stereocenters. The molecule has 0 aliphatic carbocycles. The molecule has 0 N–H and O–H groups in total. The number of rotatable bonds is 5. The van der Waals surface area contributed by atoms with Gasteiger partial charge in [0.2, 0.25) is 5.91 Å². The van der Waals surface area contributed by atoms with Gasteiger partial charge in [-0.25, -0.2) is 0 Å². The van der Waals surface area contributed by atoms with E-state index < -0.39 is 0 Å². The Hall–Kier alpha value is -1.69. The molecule has 1 atom stereocenters. The Morgan fingerprint density at radius 2 is 1.76 bits per heavy atom. The summed E-state index contributed by atoms with van der Waals surface area (Å²) in [5, 5.41) is 0. The van der Waals surface area contributed by atoms with Gasteiger partial charge >= 0.3 is 0 Å². The topological polar surface area (TPSA) is 36.0 Å². The van der Waals surface area contributed by atoms with Gasteiger partial charge in [-0.15, -0.1) is 0 Å². The van der Waals surface area contributed by atoms with Crippen LogP contribution in [0.1, 0.15) is 31.2 Å². The molecule has 5 heteroatoms. The number of carbonyl (C=O) groups excluding carboxylic acids is 1. The number of hydrogen-bond acceptors (Lipinski definition) is 4. The van der Waals surface area contributed by atoms with E-state index >= 15 is 0 Å². The van der Waals surface area contributed by atoms with Gasteiger partial charge in [0.05, 0.1) is 19.1 Å². The molecule has 3 heterocycles. The second-order valence-electron chi connectivity index (χ2n) is 8.62. The summed E-state index contributed by atoms with van der Waals surface area (Å²) in [6.07, 6.45) is 9.15. The standard InChI is InChI=1S/C24H35N3O2/c28-24(26-16-18-29-19-17-26)22-9-5-13-27(20-22)23-10-14-25(15-11-23)12-4-8-21-6-2-1-3-7-21/h1-4,6-8,22-23H,5,9-20H2/b8-4+/t22-/m1/s1. The van der Waals surface area contributed by atoms with Crippen LogP contribution in [0.4, 0.5) is 0 Å². The number of carbonyl (C=O) groups is 1. The Labute approximate surface area is 175 Å². The van der Waals surface area contributed by atoms with Gasteiger partial charge in [0.15, 0.2) is 0 Å². The average molecular weight is 398 g/mol. The second-order valence-corrected chi connectivity index (χ2v) is 8.62. The minimum Gasteiger partial charge on any atom is -0.378 e. The first kappa shape index (κ1) is 20.6. The first-order valence-electron chi connectivity index (χ1n) is 11.3. The minimum absolute atomic E-state index is 0.189. The van der Waals surface area contributed by atoms with Gasteiger partial charge in [-0.3, -0.25) is 14.6 Å². The lowest BCUT2D eigenvalue weighted by Crippen LogP contribution is -2.52. The largest absolute Gasteiger partial charge is 0.378 e. The third-order valence-electron chi connectivity index (χ3n) is 6.67. The number of hydrogen-bond donors (Lipinski definition) is 0. The summed E-state index contributed by atoms with van der Waals surface area (Å²) >= 11 is 0. The second kappa shape index (κ2) is 10.4. The summed E-state index contributed by atoms with van der Waals surface area (Å²) in [5.74, 6) is 0.551. The van der Waals surface area contributed by atoms with Gasteiger partial charge in [0.1, 0.15) is 0 Å². The molecule has 1 aromatic rings. The van der Waals surface area contributed by atoms with Crippen molar-refractivity contribution in [1.29, 1.82) is 0 Å². The Morgan fingerprint density at radius 3 is 2.52 bits per heavy atom. The van der Waals surface area contributed by atoms with Crippen LogP contribution in [0, 0.1) is 5.92 Å². The van der Waals surface area contributed by atoms with Crippen LogP contribution in [0.5, 0.6) is 0 Å².